The van der Waals surface area contributed by atoms with Crippen molar-refractivity contribution in [1.29, 1.82) is 0 Å². The Morgan fingerprint density at radius 1 is 1.11 bits per heavy atom. The van der Waals surface area contributed by atoms with E-state index in [1.54, 1.807) is 36.4 Å². The first-order chi connectivity index (χ1) is 9.08. The average Bonchev–Trinajstić information content (AvgIpc) is 2.40. The van der Waals surface area contributed by atoms with Gasteiger partial charge in [0.05, 0.1) is 26.2 Å². The van der Waals surface area contributed by atoms with Crippen molar-refractivity contribution in [3.8, 4) is 0 Å². The molecule has 0 heterocycles. The van der Waals surface area contributed by atoms with Crippen molar-refractivity contribution in [1.82, 2.24) is 0 Å². The molecule has 0 N–H and O–H groups in total. The molecule has 0 atom stereocenters. The molecule has 0 aliphatic rings. The molecule has 0 aliphatic heterocycles. The first-order valence-corrected chi connectivity index (χ1v) is 6.06. The number of hydrogen-bond acceptors (Lipinski definition) is 3. The Bertz CT molecular complexity index is 657. The van der Waals surface area contributed by atoms with E-state index in [1.807, 2.05) is 0 Å². The number of halogens is 2. The highest BCUT2D eigenvalue weighted by Crippen LogP contribution is 2.26. The Morgan fingerprint density at radius 2 is 1.84 bits per heavy atom. The molecular formula is C13H8Cl2N2O2. The molecule has 2 rings (SSSR count). The summed E-state index contributed by atoms with van der Waals surface area (Å²) in [4.78, 5) is 14.5. The lowest BCUT2D eigenvalue weighted by molar-refractivity contribution is -0.385. The summed E-state index contributed by atoms with van der Waals surface area (Å²) in [6.07, 6.45) is 1.43. The van der Waals surface area contributed by atoms with Crippen molar-refractivity contribution in [2.75, 3.05) is 0 Å². The van der Waals surface area contributed by atoms with Gasteiger partial charge in [0.1, 0.15) is 0 Å². The predicted molar refractivity (Wildman–Crippen MR) is 76.8 cm³/mol. The zero-order valence-electron chi connectivity index (χ0n) is 9.59. The van der Waals surface area contributed by atoms with Crippen LogP contribution in [-0.2, 0) is 0 Å². The molecule has 0 aromatic heterocycles. The number of rotatable bonds is 3. The first-order valence-electron chi connectivity index (χ1n) is 5.30. The van der Waals surface area contributed by atoms with Crippen molar-refractivity contribution >= 4 is 40.8 Å². The lowest BCUT2D eigenvalue weighted by atomic mass is 10.2. The van der Waals surface area contributed by atoms with Crippen LogP contribution in [0.15, 0.2) is 47.5 Å². The van der Waals surface area contributed by atoms with E-state index in [2.05, 4.69) is 4.99 Å². The van der Waals surface area contributed by atoms with Crippen molar-refractivity contribution in [3.05, 3.63) is 68.2 Å². The highest BCUT2D eigenvalue weighted by atomic mass is 35.5. The monoisotopic (exact) mass is 294 g/mol. The minimum absolute atomic E-state index is 0.00584. The van der Waals surface area contributed by atoms with E-state index in [0.29, 0.717) is 21.3 Å². The third-order valence-electron chi connectivity index (χ3n) is 2.39. The SMILES string of the molecule is O=[N+]([O-])c1ccccc1C=Nc1ccc(Cl)c(Cl)c1. The number of para-hydroxylation sites is 1. The molecule has 0 saturated carbocycles. The molecule has 0 spiro atoms. The van der Waals surface area contributed by atoms with Crippen LogP contribution in [0.25, 0.3) is 0 Å². The molecule has 19 heavy (non-hydrogen) atoms. The van der Waals surface area contributed by atoms with Gasteiger partial charge in [0.15, 0.2) is 0 Å². The molecule has 0 radical (unpaired) electrons. The molecule has 96 valence electrons. The molecule has 0 amide bonds. The minimum Gasteiger partial charge on any atom is -0.258 e. The van der Waals surface area contributed by atoms with Crippen LogP contribution in [0.5, 0.6) is 0 Å². The van der Waals surface area contributed by atoms with Crippen LogP contribution in [0, 0.1) is 10.1 Å². The summed E-state index contributed by atoms with van der Waals surface area (Å²) in [5.74, 6) is 0. The van der Waals surface area contributed by atoms with Crippen LogP contribution in [-0.4, -0.2) is 11.1 Å². The van der Waals surface area contributed by atoms with Gasteiger partial charge in [-0.25, -0.2) is 0 Å². The van der Waals surface area contributed by atoms with E-state index in [-0.39, 0.29) is 5.69 Å². The van der Waals surface area contributed by atoms with Gasteiger partial charge in [-0.15, -0.1) is 0 Å². The fourth-order valence-electron chi connectivity index (χ4n) is 1.47. The van der Waals surface area contributed by atoms with Gasteiger partial charge in [-0.3, -0.25) is 15.1 Å². The van der Waals surface area contributed by atoms with E-state index in [1.165, 1.54) is 12.3 Å². The lowest BCUT2D eigenvalue weighted by Gasteiger charge is -1.98. The number of nitrogens with zero attached hydrogens (tertiary/aromatic N) is 2. The highest BCUT2D eigenvalue weighted by molar-refractivity contribution is 6.42. The predicted octanol–water partition coefficient (Wildman–Crippen LogP) is 4.65. The molecular weight excluding hydrogens is 287 g/mol. The molecule has 4 nitrogen and oxygen atoms in total. The van der Waals surface area contributed by atoms with Crippen molar-refractivity contribution < 1.29 is 4.92 Å². The number of aliphatic imine (C=N–C) groups is 1. The van der Waals surface area contributed by atoms with Gasteiger partial charge in [-0.05, 0) is 24.3 Å². The van der Waals surface area contributed by atoms with Gasteiger partial charge in [0.2, 0.25) is 0 Å². The molecule has 0 unspecified atom stereocenters. The first kappa shape index (κ1) is 13.5. The zero-order valence-corrected chi connectivity index (χ0v) is 11.1. The number of nitro benzene ring substituents is 1. The third-order valence-corrected chi connectivity index (χ3v) is 3.13. The quantitative estimate of drug-likeness (QED) is 0.470. The van der Waals surface area contributed by atoms with E-state index in [0.717, 1.165) is 0 Å². The molecule has 0 bridgehead atoms. The summed E-state index contributed by atoms with van der Waals surface area (Å²) in [7, 11) is 0. The standard InChI is InChI=1S/C13H8Cl2N2O2/c14-11-6-5-10(7-12(11)15)16-8-9-3-1-2-4-13(9)17(18)19/h1-8H. The molecule has 0 aliphatic carbocycles. The van der Waals surface area contributed by atoms with E-state index < -0.39 is 4.92 Å². The summed E-state index contributed by atoms with van der Waals surface area (Å²) in [6.45, 7) is 0. The van der Waals surface area contributed by atoms with Crippen LogP contribution in [0.4, 0.5) is 11.4 Å². The Hall–Kier alpha value is -1.91. The lowest BCUT2D eigenvalue weighted by Crippen LogP contribution is -1.93. The van der Waals surface area contributed by atoms with Gasteiger partial charge in [-0.2, -0.15) is 0 Å². The second-order valence-electron chi connectivity index (χ2n) is 3.67. The summed E-state index contributed by atoms with van der Waals surface area (Å²) in [5.41, 5.74) is 1.01. The Labute approximate surface area is 119 Å². The summed E-state index contributed by atoms with van der Waals surface area (Å²) >= 11 is 11.7. The van der Waals surface area contributed by atoms with Crippen molar-refractivity contribution in [3.63, 3.8) is 0 Å². The fourth-order valence-corrected chi connectivity index (χ4v) is 1.76. The fraction of sp³-hybridized carbons (Fsp3) is 0. The number of nitro groups is 1. The Kier molecular flexibility index (Phi) is 4.14. The van der Waals surface area contributed by atoms with Crippen LogP contribution in [0.2, 0.25) is 10.0 Å². The second kappa shape index (κ2) is 5.82. The third kappa shape index (κ3) is 3.30. The van der Waals surface area contributed by atoms with Crippen molar-refractivity contribution in [2.45, 2.75) is 0 Å². The molecule has 2 aromatic carbocycles. The molecule has 0 saturated heterocycles. The van der Waals surface area contributed by atoms with Gasteiger partial charge in [0.25, 0.3) is 5.69 Å². The van der Waals surface area contributed by atoms with Crippen molar-refractivity contribution in [2.24, 2.45) is 4.99 Å². The second-order valence-corrected chi connectivity index (χ2v) is 4.49. The zero-order chi connectivity index (χ0) is 13.8. The van der Waals surface area contributed by atoms with E-state index in [9.17, 15) is 10.1 Å². The summed E-state index contributed by atoms with van der Waals surface area (Å²) < 4.78 is 0. The maximum absolute atomic E-state index is 10.8. The molecule has 6 heteroatoms. The van der Waals surface area contributed by atoms with Gasteiger partial charge in [-0.1, -0.05) is 35.3 Å². The molecule has 2 aromatic rings. The van der Waals surface area contributed by atoms with Gasteiger partial charge in [0, 0.05) is 12.3 Å². The smallest absolute Gasteiger partial charge is 0.258 e. The van der Waals surface area contributed by atoms with Crippen LogP contribution >= 0.6 is 23.2 Å². The minimum atomic E-state index is -0.448. The topological polar surface area (TPSA) is 55.5 Å². The van der Waals surface area contributed by atoms with Gasteiger partial charge < -0.3 is 0 Å². The Balaban J connectivity index is 2.32. The average molecular weight is 295 g/mol. The van der Waals surface area contributed by atoms with Crippen LogP contribution in [0.3, 0.4) is 0 Å². The highest BCUT2D eigenvalue weighted by Gasteiger charge is 2.09. The number of benzene rings is 2. The maximum Gasteiger partial charge on any atom is 0.278 e. The summed E-state index contributed by atoms with van der Waals surface area (Å²) in [6, 6.07) is 11.3. The van der Waals surface area contributed by atoms with Crippen LogP contribution in [0.1, 0.15) is 5.56 Å². The van der Waals surface area contributed by atoms with Gasteiger partial charge >= 0.3 is 0 Å². The number of hydrogen-bond donors (Lipinski definition) is 0. The Morgan fingerprint density at radius 3 is 2.53 bits per heavy atom. The van der Waals surface area contributed by atoms with Crippen LogP contribution < -0.4 is 0 Å². The van der Waals surface area contributed by atoms with E-state index >= 15 is 0 Å². The maximum atomic E-state index is 10.8. The summed E-state index contributed by atoms with van der Waals surface area (Å²) in [5, 5.41) is 11.7. The molecule has 0 fully saturated rings. The largest absolute Gasteiger partial charge is 0.278 e. The van der Waals surface area contributed by atoms with E-state index in [4.69, 9.17) is 23.2 Å². The normalized spacial score (nSPS) is 10.8.